The lowest BCUT2D eigenvalue weighted by Gasteiger charge is -2.25. The van der Waals surface area contributed by atoms with E-state index < -0.39 is 0 Å². The average molecular weight is 447 g/mol. The maximum atomic E-state index is 6.28. The zero-order chi connectivity index (χ0) is 21.5. The Kier molecular flexibility index (Phi) is 6.10. The summed E-state index contributed by atoms with van der Waals surface area (Å²) >= 11 is 0. The molecule has 0 radical (unpaired) electrons. The summed E-state index contributed by atoms with van der Waals surface area (Å²) in [6.45, 7) is 12.6. The molecule has 5 aliphatic heterocycles. The number of benzene rings is 1. The van der Waals surface area contributed by atoms with E-state index in [1.807, 2.05) is 0 Å². The van der Waals surface area contributed by atoms with Gasteiger partial charge in [-0.1, -0.05) is 6.07 Å². The normalized spacial score (nSPS) is 31.8. The molecule has 1 aromatic rings. The minimum absolute atomic E-state index is 0.241. The second-order valence-corrected chi connectivity index (χ2v) is 9.88. The van der Waals surface area contributed by atoms with Crippen LogP contribution in [-0.2, 0) is 36.8 Å². The highest BCUT2D eigenvalue weighted by Crippen LogP contribution is 2.30. The second kappa shape index (κ2) is 9.18. The first-order chi connectivity index (χ1) is 15.7. The van der Waals surface area contributed by atoms with Crippen molar-refractivity contribution in [3.63, 3.8) is 0 Å². The Labute approximate surface area is 189 Å². The van der Waals surface area contributed by atoms with Gasteiger partial charge in [-0.05, 0) is 24.1 Å². The summed E-state index contributed by atoms with van der Waals surface area (Å²) < 4.78 is 33.7. The van der Waals surface area contributed by atoms with Gasteiger partial charge in [0.2, 0.25) is 0 Å². The van der Waals surface area contributed by atoms with Gasteiger partial charge in [0.1, 0.15) is 18.5 Å². The first kappa shape index (κ1) is 21.3. The lowest BCUT2D eigenvalue weighted by Crippen LogP contribution is -2.32. The molecule has 6 rings (SSSR count). The molecule has 5 atom stereocenters. The van der Waals surface area contributed by atoms with Gasteiger partial charge in [-0.15, -0.1) is 0 Å². The molecule has 0 saturated carbocycles. The molecule has 0 aromatic heterocycles. The van der Waals surface area contributed by atoms with Crippen LogP contribution in [0.1, 0.15) is 16.7 Å². The van der Waals surface area contributed by atoms with Crippen LogP contribution >= 0.6 is 0 Å². The number of hydrogen-bond acceptors (Lipinski definition) is 8. The summed E-state index contributed by atoms with van der Waals surface area (Å²) in [5.41, 5.74) is 3.75. The molecule has 0 aliphatic carbocycles. The molecule has 0 spiro atoms. The lowest BCUT2D eigenvalue weighted by molar-refractivity contribution is 0.205. The van der Waals surface area contributed by atoms with Crippen LogP contribution in [0.3, 0.4) is 0 Å². The van der Waals surface area contributed by atoms with Gasteiger partial charge in [0, 0.05) is 44.8 Å². The van der Waals surface area contributed by atoms with Crippen molar-refractivity contribution in [3.8, 4) is 5.75 Å². The zero-order valence-corrected chi connectivity index (χ0v) is 18.9. The van der Waals surface area contributed by atoms with Gasteiger partial charge in [0.15, 0.2) is 0 Å². The second-order valence-electron chi connectivity index (χ2n) is 9.88. The van der Waals surface area contributed by atoms with Crippen molar-refractivity contribution in [2.75, 3.05) is 65.8 Å². The summed E-state index contributed by atoms with van der Waals surface area (Å²) in [7, 11) is 0. The maximum Gasteiger partial charge on any atom is 0.126 e. The molecule has 5 saturated heterocycles. The Morgan fingerprint density at radius 1 is 0.719 bits per heavy atom. The third-order valence-electron chi connectivity index (χ3n) is 6.48. The van der Waals surface area contributed by atoms with E-state index in [0.717, 1.165) is 78.1 Å². The minimum atomic E-state index is 0.241. The first-order valence-electron chi connectivity index (χ1n) is 12.0. The third kappa shape index (κ3) is 6.41. The van der Waals surface area contributed by atoms with Crippen LogP contribution in [0.4, 0.5) is 0 Å². The van der Waals surface area contributed by atoms with Crippen molar-refractivity contribution in [3.05, 3.63) is 28.8 Å². The minimum Gasteiger partial charge on any atom is -0.490 e. The molecule has 0 amide bonds. The van der Waals surface area contributed by atoms with Crippen LogP contribution in [0.25, 0.3) is 0 Å². The van der Waals surface area contributed by atoms with Gasteiger partial charge < -0.3 is 28.4 Å². The van der Waals surface area contributed by atoms with Crippen LogP contribution in [-0.4, -0.2) is 106 Å². The standard InChI is InChI=1S/C24H34N2O6/c1-16-2-17(4-25(6-19-10-27-19)7-20-11-28-20)3-18(24(16)32-15-23-14-31-23)5-26(8-21-12-29-21)9-22-13-30-22/h2-3,19-23H,4-15H2,1H3. The Balaban J connectivity index is 1.20. The fraction of sp³-hybridized carbons (Fsp3) is 0.750. The van der Waals surface area contributed by atoms with E-state index in [-0.39, 0.29) is 6.10 Å². The predicted molar refractivity (Wildman–Crippen MR) is 116 cm³/mol. The molecular weight excluding hydrogens is 412 g/mol. The SMILES string of the molecule is Cc1cc(CN(CC2CO2)CC2CO2)cc(CN(CC2CO2)CC2CO2)c1OCC1CO1. The first-order valence-corrected chi connectivity index (χ1v) is 12.0. The van der Waals surface area contributed by atoms with Crippen molar-refractivity contribution in [2.24, 2.45) is 0 Å². The Morgan fingerprint density at radius 2 is 1.19 bits per heavy atom. The van der Waals surface area contributed by atoms with Gasteiger partial charge in [0.05, 0.1) is 57.5 Å². The van der Waals surface area contributed by atoms with Gasteiger partial charge in [-0.25, -0.2) is 0 Å². The van der Waals surface area contributed by atoms with E-state index in [1.165, 1.54) is 16.7 Å². The molecule has 0 N–H and O–H groups in total. The highest BCUT2D eigenvalue weighted by atomic mass is 16.6. The molecule has 8 heteroatoms. The number of hydrogen-bond donors (Lipinski definition) is 0. The maximum absolute atomic E-state index is 6.28. The zero-order valence-electron chi connectivity index (χ0n) is 18.9. The van der Waals surface area contributed by atoms with Crippen LogP contribution in [0.5, 0.6) is 5.75 Å². The molecule has 8 nitrogen and oxygen atoms in total. The van der Waals surface area contributed by atoms with Crippen molar-refractivity contribution in [2.45, 2.75) is 50.5 Å². The van der Waals surface area contributed by atoms with E-state index in [1.54, 1.807) is 0 Å². The van der Waals surface area contributed by atoms with E-state index in [4.69, 9.17) is 28.4 Å². The topological polar surface area (TPSA) is 78.4 Å². The molecular formula is C24H34N2O6. The van der Waals surface area contributed by atoms with Crippen molar-refractivity contribution >= 4 is 0 Å². The molecule has 5 heterocycles. The van der Waals surface area contributed by atoms with Gasteiger partial charge in [-0.3, -0.25) is 9.80 Å². The molecule has 32 heavy (non-hydrogen) atoms. The lowest BCUT2D eigenvalue weighted by atomic mass is 10.0. The summed E-state index contributed by atoms with van der Waals surface area (Å²) in [6.07, 6.45) is 1.71. The molecule has 5 aliphatic rings. The van der Waals surface area contributed by atoms with E-state index in [9.17, 15) is 0 Å². The van der Waals surface area contributed by atoms with E-state index in [2.05, 4.69) is 28.9 Å². The van der Waals surface area contributed by atoms with Crippen LogP contribution in [0, 0.1) is 6.92 Å². The smallest absolute Gasteiger partial charge is 0.126 e. The summed E-state index contributed by atoms with van der Waals surface area (Å²) in [5.74, 6) is 1.00. The number of ether oxygens (including phenoxy) is 6. The third-order valence-corrected chi connectivity index (χ3v) is 6.48. The molecule has 176 valence electrons. The van der Waals surface area contributed by atoms with Crippen LogP contribution in [0.2, 0.25) is 0 Å². The van der Waals surface area contributed by atoms with E-state index >= 15 is 0 Å². The molecule has 5 fully saturated rings. The van der Waals surface area contributed by atoms with Crippen molar-refractivity contribution in [1.29, 1.82) is 0 Å². The van der Waals surface area contributed by atoms with E-state index in [0.29, 0.717) is 31.0 Å². The Bertz CT molecular complexity index is 774. The van der Waals surface area contributed by atoms with Gasteiger partial charge in [-0.2, -0.15) is 0 Å². The van der Waals surface area contributed by atoms with Crippen LogP contribution in [0.15, 0.2) is 12.1 Å². The van der Waals surface area contributed by atoms with Gasteiger partial charge >= 0.3 is 0 Å². The molecule has 1 aromatic carbocycles. The summed E-state index contributed by atoms with van der Waals surface area (Å²) in [4.78, 5) is 4.93. The highest BCUT2D eigenvalue weighted by Gasteiger charge is 2.33. The average Bonchev–Trinajstić information content (AvgIpc) is 3.56. The number of nitrogens with zero attached hydrogens (tertiary/aromatic N) is 2. The Hall–Kier alpha value is -1.26. The molecule has 5 unspecified atom stereocenters. The number of epoxide rings is 5. The quantitative estimate of drug-likeness (QED) is 0.369. The number of rotatable bonds is 15. The fourth-order valence-corrected chi connectivity index (χ4v) is 4.44. The summed E-state index contributed by atoms with van der Waals surface area (Å²) in [6, 6.07) is 4.61. The number of aryl methyl sites for hydroxylation is 1. The predicted octanol–water partition coefficient (Wildman–Crippen LogP) is 0.972. The highest BCUT2D eigenvalue weighted by molar-refractivity contribution is 5.44. The Morgan fingerprint density at radius 3 is 1.66 bits per heavy atom. The fourth-order valence-electron chi connectivity index (χ4n) is 4.44. The van der Waals surface area contributed by atoms with Gasteiger partial charge in [0.25, 0.3) is 0 Å². The van der Waals surface area contributed by atoms with Crippen LogP contribution < -0.4 is 4.74 Å². The van der Waals surface area contributed by atoms with Crippen molar-refractivity contribution < 1.29 is 28.4 Å². The molecule has 0 bridgehead atoms. The summed E-state index contributed by atoms with van der Waals surface area (Å²) in [5, 5.41) is 0. The van der Waals surface area contributed by atoms with Crippen molar-refractivity contribution in [1.82, 2.24) is 9.80 Å². The monoisotopic (exact) mass is 446 g/mol. The largest absolute Gasteiger partial charge is 0.490 e.